The molecule has 0 radical (unpaired) electrons. The summed E-state index contributed by atoms with van der Waals surface area (Å²) in [5.74, 6) is 0.456. The fourth-order valence-corrected chi connectivity index (χ4v) is 2.40. The van der Waals surface area contributed by atoms with Gasteiger partial charge in [0, 0.05) is 6.42 Å². The topological polar surface area (TPSA) is 69.9 Å². The fourth-order valence-electron chi connectivity index (χ4n) is 2.05. The van der Waals surface area contributed by atoms with Gasteiger partial charge >= 0.3 is 8.60 Å². The van der Waals surface area contributed by atoms with E-state index in [2.05, 4.69) is 0 Å². The van der Waals surface area contributed by atoms with E-state index in [1.165, 1.54) is 0 Å². The summed E-state index contributed by atoms with van der Waals surface area (Å²) < 4.78 is 5.09. The van der Waals surface area contributed by atoms with Crippen LogP contribution in [0.25, 0.3) is 0 Å². The van der Waals surface area contributed by atoms with Gasteiger partial charge in [0.05, 0.1) is 5.60 Å². The van der Waals surface area contributed by atoms with E-state index < -0.39 is 14.2 Å². The average molecular weight is 288 g/mol. The van der Waals surface area contributed by atoms with E-state index in [4.69, 9.17) is 14.3 Å². The SMILES string of the molecule is CC(C)(C)C1=C(OP(O)O)C=CC(O)(C(C)(C)C)C1. The number of aliphatic hydroxyl groups is 1. The second-order valence-corrected chi connectivity index (χ2v) is 7.81. The van der Waals surface area contributed by atoms with Crippen molar-refractivity contribution >= 4 is 8.60 Å². The molecule has 4 nitrogen and oxygen atoms in total. The van der Waals surface area contributed by atoms with Crippen molar-refractivity contribution in [2.24, 2.45) is 10.8 Å². The van der Waals surface area contributed by atoms with Crippen molar-refractivity contribution in [3.63, 3.8) is 0 Å². The molecule has 0 aromatic heterocycles. The molecule has 1 atom stereocenters. The quantitative estimate of drug-likeness (QED) is 0.682. The van der Waals surface area contributed by atoms with Gasteiger partial charge in [-0.25, -0.2) is 0 Å². The van der Waals surface area contributed by atoms with Crippen molar-refractivity contribution in [2.75, 3.05) is 0 Å². The normalized spacial score (nSPS) is 25.2. The van der Waals surface area contributed by atoms with Crippen LogP contribution >= 0.6 is 8.60 Å². The Hall–Kier alpha value is -0.410. The average Bonchev–Trinajstić information content (AvgIpc) is 2.17. The molecule has 110 valence electrons. The molecule has 0 aliphatic heterocycles. The van der Waals surface area contributed by atoms with Gasteiger partial charge in [-0.05, 0) is 28.6 Å². The first kappa shape index (κ1) is 16.6. The second kappa shape index (κ2) is 5.17. The molecule has 0 heterocycles. The van der Waals surface area contributed by atoms with E-state index in [1.54, 1.807) is 12.2 Å². The minimum absolute atomic E-state index is 0.218. The molecule has 0 fully saturated rings. The highest BCUT2D eigenvalue weighted by Crippen LogP contribution is 2.47. The van der Waals surface area contributed by atoms with Crippen LogP contribution in [0.1, 0.15) is 48.0 Å². The van der Waals surface area contributed by atoms with Crippen LogP contribution in [0.15, 0.2) is 23.5 Å². The maximum absolute atomic E-state index is 10.8. The molecule has 3 N–H and O–H groups in total. The van der Waals surface area contributed by atoms with Gasteiger partial charge in [0.15, 0.2) is 0 Å². The van der Waals surface area contributed by atoms with E-state index >= 15 is 0 Å². The van der Waals surface area contributed by atoms with Crippen molar-refractivity contribution in [3.8, 4) is 0 Å². The van der Waals surface area contributed by atoms with Gasteiger partial charge in [-0.15, -0.1) is 0 Å². The molecule has 0 aromatic carbocycles. The number of hydrogen-bond donors (Lipinski definition) is 3. The van der Waals surface area contributed by atoms with E-state index in [9.17, 15) is 5.11 Å². The molecule has 1 rings (SSSR count). The molecule has 0 amide bonds. The Morgan fingerprint density at radius 3 is 2.05 bits per heavy atom. The highest BCUT2D eigenvalue weighted by molar-refractivity contribution is 7.39. The summed E-state index contributed by atoms with van der Waals surface area (Å²) in [6.07, 6.45) is 3.77. The monoisotopic (exact) mass is 288 g/mol. The zero-order valence-electron chi connectivity index (χ0n) is 12.6. The Labute approximate surface area is 116 Å². The Bertz CT molecular complexity index is 399. The first-order valence-corrected chi connectivity index (χ1v) is 7.54. The molecule has 1 aliphatic carbocycles. The molecule has 0 aromatic rings. The lowest BCUT2D eigenvalue weighted by molar-refractivity contribution is -0.0190. The Morgan fingerprint density at radius 2 is 1.68 bits per heavy atom. The summed E-state index contributed by atoms with van der Waals surface area (Å²) in [4.78, 5) is 18.1. The zero-order valence-corrected chi connectivity index (χ0v) is 13.5. The minimum Gasteiger partial charge on any atom is -0.427 e. The minimum atomic E-state index is -2.45. The summed E-state index contributed by atoms with van der Waals surface area (Å²) in [6.45, 7) is 12.0. The second-order valence-electron chi connectivity index (χ2n) is 7.12. The van der Waals surface area contributed by atoms with Crippen molar-refractivity contribution in [1.82, 2.24) is 0 Å². The number of hydrogen-bond acceptors (Lipinski definition) is 4. The zero-order chi connectivity index (χ0) is 15.1. The van der Waals surface area contributed by atoms with Gasteiger partial charge in [0.25, 0.3) is 0 Å². The molecule has 1 unspecified atom stereocenters. The number of rotatable bonds is 2. The molecule has 5 heteroatoms. The highest BCUT2D eigenvalue weighted by Gasteiger charge is 2.43. The molecule has 0 saturated carbocycles. The van der Waals surface area contributed by atoms with E-state index in [0.717, 1.165) is 5.57 Å². The smallest absolute Gasteiger partial charge is 0.391 e. The van der Waals surface area contributed by atoms with Crippen LogP contribution in [-0.4, -0.2) is 20.5 Å². The third-order valence-corrected chi connectivity index (χ3v) is 4.00. The summed E-state index contributed by atoms with van der Waals surface area (Å²) in [5, 5.41) is 10.8. The van der Waals surface area contributed by atoms with E-state index in [-0.39, 0.29) is 10.8 Å². The summed E-state index contributed by atoms with van der Waals surface area (Å²) in [5.41, 5.74) is -0.599. The molecule has 0 bridgehead atoms. The van der Waals surface area contributed by atoms with Gasteiger partial charge in [-0.3, -0.25) is 0 Å². The van der Waals surface area contributed by atoms with Crippen LogP contribution in [0.3, 0.4) is 0 Å². The van der Waals surface area contributed by atoms with E-state index in [0.29, 0.717) is 12.2 Å². The lowest BCUT2D eigenvalue weighted by Gasteiger charge is -2.43. The van der Waals surface area contributed by atoms with Crippen LogP contribution < -0.4 is 0 Å². The maximum atomic E-state index is 10.8. The fraction of sp³-hybridized carbons (Fsp3) is 0.714. The van der Waals surface area contributed by atoms with Crippen molar-refractivity contribution in [2.45, 2.75) is 53.6 Å². The first-order valence-electron chi connectivity index (χ1n) is 6.38. The van der Waals surface area contributed by atoms with Gasteiger partial charge in [-0.1, -0.05) is 41.5 Å². The predicted octanol–water partition coefficient (Wildman–Crippen LogP) is 3.25. The lowest BCUT2D eigenvalue weighted by Crippen LogP contribution is -2.44. The van der Waals surface area contributed by atoms with Gasteiger partial charge < -0.3 is 19.4 Å². The third-order valence-electron chi connectivity index (χ3n) is 3.64. The van der Waals surface area contributed by atoms with Crippen molar-refractivity contribution in [3.05, 3.63) is 23.5 Å². The van der Waals surface area contributed by atoms with Crippen molar-refractivity contribution < 1.29 is 19.4 Å². The van der Waals surface area contributed by atoms with Gasteiger partial charge in [0.1, 0.15) is 5.76 Å². The molecule has 0 spiro atoms. The Morgan fingerprint density at radius 1 is 1.16 bits per heavy atom. The summed E-state index contributed by atoms with van der Waals surface area (Å²) in [7, 11) is -2.45. The maximum Gasteiger partial charge on any atom is 0.391 e. The molecular weight excluding hydrogens is 263 g/mol. The Balaban J connectivity index is 3.20. The van der Waals surface area contributed by atoms with E-state index in [1.807, 2.05) is 41.5 Å². The Kier molecular flexibility index (Phi) is 4.53. The largest absolute Gasteiger partial charge is 0.427 e. The first-order chi connectivity index (χ1) is 8.37. The summed E-state index contributed by atoms with van der Waals surface area (Å²) >= 11 is 0. The van der Waals surface area contributed by atoms with Gasteiger partial charge in [-0.2, -0.15) is 0 Å². The third kappa shape index (κ3) is 3.79. The van der Waals surface area contributed by atoms with Crippen LogP contribution in [0.5, 0.6) is 0 Å². The molecule has 0 saturated heterocycles. The predicted molar refractivity (Wildman–Crippen MR) is 77.1 cm³/mol. The molecule has 19 heavy (non-hydrogen) atoms. The van der Waals surface area contributed by atoms with Crippen LogP contribution in [-0.2, 0) is 4.52 Å². The van der Waals surface area contributed by atoms with Crippen LogP contribution in [0, 0.1) is 10.8 Å². The van der Waals surface area contributed by atoms with Gasteiger partial charge in [0.2, 0.25) is 0 Å². The highest BCUT2D eigenvalue weighted by atomic mass is 31.2. The lowest BCUT2D eigenvalue weighted by atomic mass is 9.67. The van der Waals surface area contributed by atoms with Crippen LogP contribution in [0.4, 0.5) is 0 Å². The molecule has 1 aliphatic rings. The molecular formula is C14H25O4P. The van der Waals surface area contributed by atoms with Crippen LogP contribution in [0.2, 0.25) is 0 Å². The standard InChI is InChI=1S/C14H25O4P/c1-12(2,3)10-9-14(15,13(4,5)6)8-7-11(10)18-19(16)17/h7-8,15-17H,9H2,1-6H3. The van der Waals surface area contributed by atoms with Crippen molar-refractivity contribution in [1.29, 1.82) is 0 Å². The number of allylic oxidation sites excluding steroid dienone is 1. The summed E-state index contributed by atoms with van der Waals surface area (Å²) in [6, 6.07) is 0.